The van der Waals surface area contributed by atoms with E-state index in [0.717, 1.165) is 23.7 Å². The van der Waals surface area contributed by atoms with Gasteiger partial charge in [-0.2, -0.15) is 0 Å². The van der Waals surface area contributed by atoms with Crippen LogP contribution in [0.1, 0.15) is 51.4 Å². The standard InChI is InChI=1S/C34H29NO3.C9H7NO/c36-33(37)21-25-7-2-4-10-29(25)34(38)35-26-15-12-22(13-16-26)20-24-8-5-11-30-28(24)18-19-31-27-9-3-1-6-23(27)14-17-32(30)31;11-9-6-5-7-3-1-2-4-8(7)10-9/h1-4,6-7,9-10,12-19,24H,5,8,11,20-21H2,(H,35,38)(H,36,37);1-6H,(H,10,11). The molecular formula is C43H36N2O4. The summed E-state index contributed by atoms with van der Waals surface area (Å²) in [6.07, 6.45) is 4.26. The quantitative estimate of drug-likeness (QED) is 0.157. The van der Waals surface area contributed by atoms with Crippen molar-refractivity contribution < 1.29 is 14.7 Å². The van der Waals surface area contributed by atoms with Crippen LogP contribution in [0.3, 0.4) is 0 Å². The van der Waals surface area contributed by atoms with Gasteiger partial charge in [0.05, 0.1) is 6.42 Å². The fourth-order valence-corrected chi connectivity index (χ4v) is 7.08. The Hall–Kier alpha value is -6.01. The first-order valence-corrected chi connectivity index (χ1v) is 16.6. The van der Waals surface area contributed by atoms with E-state index < -0.39 is 5.97 Å². The molecular weight excluding hydrogens is 608 g/mol. The molecule has 3 N–H and O–H groups in total. The number of carboxylic acid groups (broad SMARTS) is 1. The molecule has 242 valence electrons. The highest BCUT2D eigenvalue weighted by molar-refractivity contribution is 6.09. The number of benzene rings is 6. The Morgan fingerprint density at radius 2 is 1.43 bits per heavy atom. The third-order valence-electron chi connectivity index (χ3n) is 9.42. The van der Waals surface area contributed by atoms with Crippen molar-refractivity contribution in [2.45, 2.75) is 38.0 Å². The highest BCUT2D eigenvalue weighted by atomic mass is 16.4. The van der Waals surface area contributed by atoms with Crippen LogP contribution in [0.15, 0.2) is 138 Å². The van der Waals surface area contributed by atoms with Crippen molar-refractivity contribution >= 4 is 50.0 Å². The minimum absolute atomic E-state index is 0.0521. The van der Waals surface area contributed by atoms with Crippen molar-refractivity contribution in [1.82, 2.24) is 4.98 Å². The molecule has 0 spiro atoms. The minimum Gasteiger partial charge on any atom is -0.481 e. The monoisotopic (exact) mass is 644 g/mol. The number of aromatic amines is 1. The second-order valence-corrected chi connectivity index (χ2v) is 12.6. The van der Waals surface area contributed by atoms with Crippen LogP contribution in [0.5, 0.6) is 0 Å². The lowest BCUT2D eigenvalue weighted by Crippen LogP contribution is -2.16. The van der Waals surface area contributed by atoms with Crippen molar-refractivity contribution in [2.75, 3.05) is 5.32 Å². The molecule has 1 aromatic heterocycles. The number of anilines is 1. The maximum atomic E-state index is 12.8. The summed E-state index contributed by atoms with van der Waals surface area (Å²) >= 11 is 0. The SMILES string of the molecule is O=C(O)Cc1ccccc1C(=O)Nc1ccc(CC2CCCc3c2ccc2c3ccc3ccccc32)cc1.O=c1ccc2ccccc2[nH]1. The molecule has 1 atom stereocenters. The summed E-state index contributed by atoms with van der Waals surface area (Å²) in [4.78, 5) is 37.6. The van der Waals surface area contributed by atoms with E-state index in [1.54, 1.807) is 24.3 Å². The highest BCUT2D eigenvalue weighted by Gasteiger charge is 2.23. The molecule has 1 aliphatic carbocycles. The smallest absolute Gasteiger partial charge is 0.307 e. The topological polar surface area (TPSA) is 99.3 Å². The van der Waals surface area contributed by atoms with Gasteiger partial charge < -0.3 is 15.4 Å². The average Bonchev–Trinajstić information content (AvgIpc) is 3.12. The Bertz CT molecular complexity index is 2380. The molecule has 1 amide bonds. The first-order valence-electron chi connectivity index (χ1n) is 16.6. The van der Waals surface area contributed by atoms with Crippen molar-refractivity contribution in [2.24, 2.45) is 0 Å². The van der Waals surface area contributed by atoms with Crippen LogP contribution in [0.4, 0.5) is 5.69 Å². The number of fused-ring (bicyclic) bond motifs is 6. The fraction of sp³-hybridized carbons (Fsp3) is 0.140. The van der Waals surface area contributed by atoms with E-state index >= 15 is 0 Å². The zero-order valence-electron chi connectivity index (χ0n) is 27.0. The fourth-order valence-electron chi connectivity index (χ4n) is 7.08. The summed E-state index contributed by atoms with van der Waals surface area (Å²) in [5.74, 6) is -0.784. The Labute approximate surface area is 284 Å². The van der Waals surface area contributed by atoms with Gasteiger partial charge in [-0.3, -0.25) is 14.4 Å². The lowest BCUT2D eigenvalue weighted by atomic mass is 9.77. The van der Waals surface area contributed by atoms with E-state index in [2.05, 4.69) is 71.0 Å². The number of H-pyrrole nitrogens is 1. The summed E-state index contributed by atoms with van der Waals surface area (Å²) in [5.41, 5.74) is 6.63. The lowest BCUT2D eigenvalue weighted by Gasteiger charge is -2.27. The van der Waals surface area contributed by atoms with Crippen molar-refractivity contribution in [1.29, 1.82) is 0 Å². The number of amides is 1. The van der Waals surface area contributed by atoms with Gasteiger partial charge in [0, 0.05) is 22.8 Å². The molecule has 6 aromatic carbocycles. The number of nitrogens with one attached hydrogen (secondary N) is 2. The van der Waals surface area contributed by atoms with Crippen molar-refractivity contribution in [3.05, 3.63) is 172 Å². The van der Waals surface area contributed by atoms with E-state index in [1.165, 1.54) is 57.1 Å². The normalized spacial score (nSPS) is 13.8. The summed E-state index contributed by atoms with van der Waals surface area (Å²) in [6, 6.07) is 43.7. The number of aryl methyl sites for hydroxylation is 1. The molecule has 0 radical (unpaired) electrons. The van der Waals surface area contributed by atoms with Crippen LogP contribution in [0, 0.1) is 0 Å². The lowest BCUT2D eigenvalue weighted by molar-refractivity contribution is -0.136. The molecule has 6 heteroatoms. The largest absolute Gasteiger partial charge is 0.481 e. The van der Waals surface area contributed by atoms with Gasteiger partial charge in [-0.1, -0.05) is 97.1 Å². The molecule has 1 aliphatic rings. The summed E-state index contributed by atoms with van der Waals surface area (Å²) < 4.78 is 0. The average molecular weight is 645 g/mol. The van der Waals surface area contributed by atoms with Gasteiger partial charge in [-0.25, -0.2) is 0 Å². The number of hydrogen-bond acceptors (Lipinski definition) is 3. The van der Waals surface area contributed by atoms with Gasteiger partial charge in [-0.05, 0) is 111 Å². The Morgan fingerprint density at radius 3 is 2.27 bits per heavy atom. The molecule has 0 saturated heterocycles. The maximum Gasteiger partial charge on any atom is 0.307 e. The molecule has 49 heavy (non-hydrogen) atoms. The molecule has 0 fully saturated rings. The molecule has 0 aliphatic heterocycles. The minimum atomic E-state index is -0.958. The molecule has 6 nitrogen and oxygen atoms in total. The summed E-state index contributed by atoms with van der Waals surface area (Å²) in [5, 5.41) is 18.5. The van der Waals surface area contributed by atoms with Crippen LogP contribution >= 0.6 is 0 Å². The Morgan fingerprint density at radius 1 is 0.714 bits per heavy atom. The van der Waals surface area contributed by atoms with Gasteiger partial charge in [0.25, 0.3) is 5.91 Å². The number of pyridine rings is 1. The highest BCUT2D eigenvalue weighted by Crippen LogP contribution is 2.39. The number of rotatable bonds is 6. The number of hydrogen-bond donors (Lipinski definition) is 3. The van der Waals surface area contributed by atoms with Crippen LogP contribution in [-0.2, 0) is 24.1 Å². The molecule has 0 saturated carbocycles. The van der Waals surface area contributed by atoms with Gasteiger partial charge in [-0.15, -0.1) is 0 Å². The van der Waals surface area contributed by atoms with Gasteiger partial charge in [0.2, 0.25) is 5.56 Å². The second-order valence-electron chi connectivity index (χ2n) is 12.6. The molecule has 8 rings (SSSR count). The van der Waals surface area contributed by atoms with E-state index in [4.69, 9.17) is 5.11 Å². The van der Waals surface area contributed by atoms with Crippen LogP contribution in [0.25, 0.3) is 32.4 Å². The van der Waals surface area contributed by atoms with E-state index in [-0.39, 0.29) is 17.9 Å². The number of aliphatic carboxylic acids is 1. The zero-order chi connectivity index (χ0) is 33.7. The number of para-hydroxylation sites is 1. The zero-order valence-corrected chi connectivity index (χ0v) is 27.0. The van der Waals surface area contributed by atoms with Gasteiger partial charge in [0.15, 0.2) is 0 Å². The second kappa shape index (κ2) is 14.0. The van der Waals surface area contributed by atoms with Crippen molar-refractivity contribution in [3.63, 3.8) is 0 Å². The Balaban J connectivity index is 0.000000290. The number of carbonyl (C=O) groups excluding carboxylic acids is 1. The first-order chi connectivity index (χ1) is 23.9. The number of carbonyl (C=O) groups is 2. The van der Waals surface area contributed by atoms with Gasteiger partial charge in [0.1, 0.15) is 0 Å². The molecule has 1 unspecified atom stereocenters. The first kappa shape index (κ1) is 31.6. The molecule has 0 bridgehead atoms. The third-order valence-corrected chi connectivity index (χ3v) is 9.42. The van der Waals surface area contributed by atoms with Crippen LogP contribution in [-0.4, -0.2) is 22.0 Å². The maximum absolute atomic E-state index is 12.8. The van der Waals surface area contributed by atoms with Gasteiger partial charge >= 0.3 is 5.97 Å². The Kier molecular flexibility index (Phi) is 9.02. The predicted octanol–water partition coefficient (Wildman–Crippen LogP) is 9.06. The third kappa shape index (κ3) is 6.99. The van der Waals surface area contributed by atoms with Crippen molar-refractivity contribution in [3.8, 4) is 0 Å². The van der Waals surface area contributed by atoms with Crippen LogP contribution < -0.4 is 10.9 Å². The summed E-state index contributed by atoms with van der Waals surface area (Å²) in [7, 11) is 0. The van der Waals surface area contributed by atoms with E-state index in [0.29, 0.717) is 22.7 Å². The number of carboxylic acids is 1. The summed E-state index contributed by atoms with van der Waals surface area (Å²) in [6.45, 7) is 0. The predicted molar refractivity (Wildman–Crippen MR) is 198 cm³/mol. The van der Waals surface area contributed by atoms with Crippen LogP contribution in [0.2, 0.25) is 0 Å². The molecule has 7 aromatic rings. The van der Waals surface area contributed by atoms with E-state index in [1.807, 2.05) is 42.5 Å². The molecule has 1 heterocycles. The van der Waals surface area contributed by atoms with E-state index in [9.17, 15) is 14.4 Å². The number of aromatic nitrogens is 1.